The number of benzene rings is 2. The number of urea groups is 1. The molecular weight excluding hydrogens is 402 g/mol. The van der Waals surface area contributed by atoms with Gasteiger partial charge in [0.05, 0.1) is 13.7 Å². The van der Waals surface area contributed by atoms with E-state index in [-0.39, 0.29) is 38.0 Å². The van der Waals surface area contributed by atoms with Gasteiger partial charge in [0.15, 0.2) is 11.5 Å². The molecule has 4 amide bonds. The molecule has 2 aliphatic heterocycles. The van der Waals surface area contributed by atoms with E-state index < -0.39 is 12.1 Å². The van der Waals surface area contributed by atoms with Crippen molar-refractivity contribution in [2.45, 2.75) is 32.0 Å². The van der Waals surface area contributed by atoms with Gasteiger partial charge in [0.2, 0.25) is 12.7 Å². The van der Waals surface area contributed by atoms with Crippen LogP contribution >= 0.6 is 0 Å². The molecule has 1 saturated heterocycles. The van der Waals surface area contributed by atoms with Crippen LogP contribution in [0.2, 0.25) is 0 Å². The Morgan fingerprint density at radius 2 is 1.87 bits per heavy atom. The molecule has 31 heavy (non-hydrogen) atoms. The van der Waals surface area contributed by atoms with Gasteiger partial charge in [0, 0.05) is 13.0 Å². The second-order valence-electron chi connectivity index (χ2n) is 7.28. The highest BCUT2D eigenvalue weighted by Gasteiger charge is 2.38. The molecule has 2 aromatic rings. The number of hydrogen-bond donors (Lipinski definition) is 2. The molecule has 9 heteroatoms. The highest BCUT2D eigenvalue weighted by Crippen LogP contribution is 2.33. The van der Waals surface area contributed by atoms with Crippen molar-refractivity contribution in [2.75, 3.05) is 13.9 Å². The minimum atomic E-state index is -0.715. The average molecular weight is 425 g/mol. The minimum Gasteiger partial charge on any atom is -0.497 e. The van der Waals surface area contributed by atoms with Crippen LogP contribution in [0.3, 0.4) is 0 Å². The van der Waals surface area contributed by atoms with Gasteiger partial charge in [-0.15, -0.1) is 0 Å². The summed E-state index contributed by atoms with van der Waals surface area (Å²) in [6, 6.07) is 11.5. The maximum atomic E-state index is 12.6. The van der Waals surface area contributed by atoms with Crippen molar-refractivity contribution in [1.29, 1.82) is 0 Å². The fourth-order valence-corrected chi connectivity index (χ4v) is 3.45. The van der Waals surface area contributed by atoms with Crippen LogP contribution in [0.15, 0.2) is 42.5 Å². The lowest BCUT2D eigenvalue weighted by Gasteiger charge is -2.13. The first kappa shape index (κ1) is 20.5. The Bertz CT molecular complexity index is 991. The molecule has 1 fully saturated rings. The van der Waals surface area contributed by atoms with Crippen molar-refractivity contribution in [1.82, 2.24) is 15.5 Å². The van der Waals surface area contributed by atoms with Crippen LogP contribution in [-0.4, -0.2) is 42.7 Å². The molecule has 9 nitrogen and oxygen atoms in total. The smallest absolute Gasteiger partial charge is 0.325 e. The summed E-state index contributed by atoms with van der Waals surface area (Å²) in [5.41, 5.74) is 1.69. The number of methoxy groups -OCH3 is 1. The first-order valence-corrected chi connectivity index (χ1v) is 9.93. The zero-order valence-electron chi connectivity index (χ0n) is 17.1. The molecule has 0 aromatic heterocycles. The van der Waals surface area contributed by atoms with Crippen LogP contribution in [0.5, 0.6) is 17.2 Å². The molecule has 2 aliphatic rings. The van der Waals surface area contributed by atoms with E-state index >= 15 is 0 Å². The fourth-order valence-electron chi connectivity index (χ4n) is 3.45. The van der Waals surface area contributed by atoms with Gasteiger partial charge in [-0.1, -0.05) is 18.2 Å². The number of amides is 4. The van der Waals surface area contributed by atoms with Crippen molar-refractivity contribution >= 4 is 17.8 Å². The number of imide groups is 1. The van der Waals surface area contributed by atoms with E-state index in [2.05, 4.69) is 10.6 Å². The number of fused-ring (bicyclic) bond motifs is 1. The summed E-state index contributed by atoms with van der Waals surface area (Å²) >= 11 is 0. The van der Waals surface area contributed by atoms with Crippen LogP contribution < -0.4 is 24.8 Å². The summed E-state index contributed by atoms with van der Waals surface area (Å²) < 4.78 is 15.7. The molecule has 0 saturated carbocycles. The van der Waals surface area contributed by atoms with Crippen molar-refractivity contribution in [3.05, 3.63) is 53.6 Å². The van der Waals surface area contributed by atoms with Gasteiger partial charge >= 0.3 is 6.03 Å². The lowest BCUT2D eigenvalue weighted by molar-refractivity contribution is -0.128. The predicted octanol–water partition coefficient (Wildman–Crippen LogP) is 1.94. The van der Waals surface area contributed by atoms with Gasteiger partial charge in [-0.3, -0.25) is 14.5 Å². The van der Waals surface area contributed by atoms with E-state index in [1.54, 1.807) is 25.3 Å². The highest BCUT2D eigenvalue weighted by molar-refractivity contribution is 6.04. The maximum Gasteiger partial charge on any atom is 0.325 e. The highest BCUT2D eigenvalue weighted by atomic mass is 16.7. The third-order valence-corrected chi connectivity index (χ3v) is 5.19. The maximum absolute atomic E-state index is 12.6. The molecule has 0 bridgehead atoms. The lowest BCUT2D eigenvalue weighted by atomic mass is 10.1. The molecule has 0 radical (unpaired) electrons. The minimum absolute atomic E-state index is 0.126. The Morgan fingerprint density at radius 1 is 1.13 bits per heavy atom. The Balaban J connectivity index is 1.26. The zero-order valence-corrected chi connectivity index (χ0v) is 17.1. The summed E-state index contributed by atoms with van der Waals surface area (Å²) in [7, 11) is 1.59. The van der Waals surface area contributed by atoms with Crippen LogP contribution in [-0.2, 0) is 22.7 Å². The van der Waals surface area contributed by atoms with E-state index in [4.69, 9.17) is 14.2 Å². The summed E-state index contributed by atoms with van der Waals surface area (Å²) in [5.74, 6) is 1.45. The second-order valence-corrected chi connectivity index (χ2v) is 7.28. The molecular formula is C22H23N3O6. The second kappa shape index (κ2) is 8.95. The molecule has 1 atom stereocenters. The number of hydrogen-bond acceptors (Lipinski definition) is 6. The lowest BCUT2D eigenvalue weighted by Crippen LogP contribution is -2.32. The van der Waals surface area contributed by atoms with E-state index in [0.717, 1.165) is 21.8 Å². The van der Waals surface area contributed by atoms with Gasteiger partial charge in [0.25, 0.3) is 5.91 Å². The van der Waals surface area contributed by atoms with Gasteiger partial charge < -0.3 is 24.8 Å². The quantitative estimate of drug-likeness (QED) is 0.626. The number of rotatable bonds is 8. The molecule has 4 rings (SSSR count). The molecule has 162 valence electrons. The van der Waals surface area contributed by atoms with Crippen molar-refractivity contribution < 1.29 is 28.6 Å². The van der Waals surface area contributed by atoms with Crippen molar-refractivity contribution in [2.24, 2.45) is 0 Å². The standard InChI is InChI=1S/C22H23N3O6/c1-29-16-5-2-14(3-6-16)11-23-20(26)9-7-17-21(27)25(22(28)24-17)12-15-4-8-18-19(10-15)31-13-30-18/h2-6,8,10,17H,7,9,11-13H2,1H3,(H,23,26)(H,24,28)/t17-/m0/s1. The predicted molar refractivity (Wildman–Crippen MR) is 110 cm³/mol. The topological polar surface area (TPSA) is 106 Å². The normalized spacial score (nSPS) is 16.9. The SMILES string of the molecule is COc1ccc(CNC(=O)CC[C@@H]2NC(=O)N(Cc3ccc4c(c3)OCO4)C2=O)cc1. The molecule has 2 N–H and O–H groups in total. The summed E-state index contributed by atoms with van der Waals surface area (Å²) in [4.78, 5) is 38.2. The van der Waals surface area contributed by atoms with Gasteiger partial charge in [-0.2, -0.15) is 0 Å². The Kier molecular flexibility index (Phi) is 5.92. The Labute approximate surface area is 179 Å². The van der Waals surface area contributed by atoms with Gasteiger partial charge in [-0.05, 0) is 41.8 Å². The Hall–Kier alpha value is -3.75. The fraction of sp³-hybridized carbons (Fsp3) is 0.318. The van der Waals surface area contributed by atoms with Gasteiger partial charge in [-0.25, -0.2) is 4.79 Å². The number of carbonyl (C=O) groups excluding carboxylic acids is 3. The number of carbonyl (C=O) groups is 3. The summed E-state index contributed by atoms with van der Waals surface area (Å²) in [5, 5.41) is 5.47. The number of ether oxygens (including phenoxy) is 3. The van der Waals surface area contributed by atoms with Crippen molar-refractivity contribution in [3.63, 3.8) is 0 Å². The number of nitrogens with one attached hydrogen (secondary N) is 2. The number of nitrogens with zero attached hydrogens (tertiary/aromatic N) is 1. The first-order chi connectivity index (χ1) is 15.0. The van der Waals surface area contributed by atoms with Crippen LogP contribution in [0.1, 0.15) is 24.0 Å². The molecule has 2 aromatic carbocycles. The third-order valence-electron chi connectivity index (χ3n) is 5.19. The van der Waals surface area contributed by atoms with Crippen molar-refractivity contribution in [3.8, 4) is 17.2 Å². The van der Waals surface area contributed by atoms with E-state index in [9.17, 15) is 14.4 Å². The van der Waals surface area contributed by atoms with Crippen LogP contribution in [0, 0.1) is 0 Å². The third kappa shape index (κ3) is 4.71. The Morgan fingerprint density at radius 3 is 2.65 bits per heavy atom. The largest absolute Gasteiger partial charge is 0.497 e. The first-order valence-electron chi connectivity index (χ1n) is 9.93. The average Bonchev–Trinajstić information content (AvgIpc) is 3.36. The van der Waals surface area contributed by atoms with E-state index in [1.165, 1.54) is 0 Å². The van der Waals surface area contributed by atoms with E-state index in [1.807, 2.05) is 24.3 Å². The summed E-state index contributed by atoms with van der Waals surface area (Å²) in [6.07, 6.45) is 0.362. The van der Waals surface area contributed by atoms with Crippen LogP contribution in [0.4, 0.5) is 4.79 Å². The monoisotopic (exact) mass is 425 g/mol. The molecule has 0 unspecified atom stereocenters. The molecule has 0 spiro atoms. The van der Waals surface area contributed by atoms with E-state index in [0.29, 0.717) is 18.0 Å². The van der Waals surface area contributed by atoms with Crippen LogP contribution in [0.25, 0.3) is 0 Å². The molecule has 0 aliphatic carbocycles. The molecule has 2 heterocycles. The zero-order chi connectivity index (χ0) is 21.8. The summed E-state index contributed by atoms with van der Waals surface area (Å²) in [6.45, 7) is 0.663. The van der Waals surface area contributed by atoms with Gasteiger partial charge in [0.1, 0.15) is 11.8 Å².